The molecule has 0 aromatic heterocycles. The molecule has 7 heteroatoms. The number of hydrogen-bond donors (Lipinski definition) is 3. The summed E-state index contributed by atoms with van der Waals surface area (Å²) in [7, 11) is 0. The summed E-state index contributed by atoms with van der Waals surface area (Å²) in [5.74, 6) is 0. The molecule has 2 aromatic rings. The van der Waals surface area contributed by atoms with Crippen molar-refractivity contribution in [2.24, 2.45) is 5.73 Å². The first-order chi connectivity index (χ1) is 9.52. The molecule has 0 spiro atoms. The number of hydrogen-bond acceptors (Lipinski definition) is 2. The van der Waals surface area contributed by atoms with Gasteiger partial charge in [-0.2, -0.15) is 0 Å². The van der Waals surface area contributed by atoms with Gasteiger partial charge in [-0.05, 0) is 48.7 Å². The molecule has 4 nitrogen and oxygen atoms in total. The van der Waals surface area contributed by atoms with Gasteiger partial charge in [0.15, 0.2) is 0 Å². The van der Waals surface area contributed by atoms with Gasteiger partial charge in [0, 0.05) is 11.4 Å². The van der Waals surface area contributed by atoms with Crippen LogP contribution >= 0.6 is 24.4 Å². The molecule has 2 aromatic carbocycles. The predicted molar refractivity (Wildman–Crippen MR) is 104 cm³/mol. The third-order valence-electron chi connectivity index (χ3n) is 2.22. The van der Waals surface area contributed by atoms with E-state index in [0.717, 1.165) is 11.4 Å². The number of aliphatic hydroxyl groups excluding tert-OH is 2. The second kappa shape index (κ2) is 12.4. The summed E-state index contributed by atoms with van der Waals surface area (Å²) in [6.45, 7) is 0. The van der Waals surface area contributed by atoms with Crippen molar-refractivity contribution in [1.29, 1.82) is 0 Å². The summed E-state index contributed by atoms with van der Waals surface area (Å²) in [6, 6.07) is 19.1. The molecule has 0 saturated heterocycles. The van der Waals surface area contributed by atoms with Crippen molar-refractivity contribution >= 4 is 75.7 Å². The van der Waals surface area contributed by atoms with Crippen LogP contribution in [0.4, 0.5) is 11.4 Å². The van der Waals surface area contributed by atoms with Gasteiger partial charge < -0.3 is 15.9 Å². The fourth-order valence-corrected chi connectivity index (χ4v) is 1.73. The van der Waals surface area contributed by atoms with E-state index in [0.29, 0.717) is 0 Å². The van der Waals surface area contributed by atoms with Gasteiger partial charge in [0.2, 0.25) is 0 Å². The van der Waals surface area contributed by atoms with Crippen molar-refractivity contribution in [3.8, 4) is 0 Å². The molecule has 0 aliphatic heterocycles. The molecule has 0 atom stereocenters. The Balaban J connectivity index is 0. The van der Waals surface area contributed by atoms with Crippen LogP contribution in [0.5, 0.6) is 0 Å². The Bertz CT molecular complexity index is 525. The predicted octanol–water partition coefficient (Wildman–Crippen LogP) is 3.44. The van der Waals surface area contributed by atoms with Gasteiger partial charge in [0.25, 0.3) is 10.3 Å². The van der Waals surface area contributed by atoms with Gasteiger partial charge in [-0.1, -0.05) is 43.8 Å². The van der Waals surface area contributed by atoms with Gasteiger partial charge in [0.05, 0.1) is 0 Å². The number of nitrogens with two attached hydrogens (primary N) is 1. The topological polar surface area (TPSA) is 69.7 Å². The summed E-state index contributed by atoms with van der Waals surface area (Å²) in [4.78, 5) is 1.62. The second-order valence-corrected chi connectivity index (χ2v) is 4.41. The normalized spacial score (nSPS) is 8.18. The summed E-state index contributed by atoms with van der Waals surface area (Å²) in [6.07, 6.45) is 0. The first-order valence-corrected chi connectivity index (χ1v) is 6.45. The van der Waals surface area contributed by atoms with Crippen LogP contribution < -0.4 is 10.6 Å². The maximum atomic E-state index is 9.58. The van der Waals surface area contributed by atoms with Gasteiger partial charge in [0.1, 0.15) is 0 Å². The number of thiocarbonyl (C=S) groups is 2. The van der Waals surface area contributed by atoms with Gasteiger partial charge in [-0.3, -0.25) is 4.90 Å². The Morgan fingerprint density at radius 1 is 0.818 bits per heavy atom. The van der Waals surface area contributed by atoms with Gasteiger partial charge in [-0.25, -0.2) is 0 Å². The Labute approximate surface area is 163 Å². The van der Waals surface area contributed by atoms with Crippen LogP contribution in [-0.2, 0) is 0 Å². The number of rotatable bonds is 2. The number of nitrogens with zero attached hydrogens (tertiary/aromatic N) is 1. The van der Waals surface area contributed by atoms with E-state index in [1.807, 2.05) is 60.7 Å². The molecule has 114 valence electrons. The first-order valence-electron chi connectivity index (χ1n) is 5.64. The van der Waals surface area contributed by atoms with E-state index >= 15 is 0 Å². The van der Waals surface area contributed by atoms with Crippen LogP contribution in [0, 0.1) is 0 Å². The molecule has 2 rings (SSSR count). The summed E-state index contributed by atoms with van der Waals surface area (Å²) < 4.78 is 0. The van der Waals surface area contributed by atoms with Crippen LogP contribution in [-0.4, -0.2) is 50.1 Å². The minimum atomic E-state index is -0.500. The van der Waals surface area contributed by atoms with Crippen LogP contribution in [0.1, 0.15) is 7.43 Å². The summed E-state index contributed by atoms with van der Waals surface area (Å²) in [5.41, 5.74) is 6.09. The molecule has 0 saturated carbocycles. The van der Waals surface area contributed by atoms with Crippen molar-refractivity contribution in [2.45, 2.75) is 7.43 Å². The molecule has 0 bridgehead atoms. The maximum absolute atomic E-state index is 9.58. The Morgan fingerprint density at radius 2 is 1.09 bits per heavy atom. The van der Waals surface area contributed by atoms with Crippen LogP contribution in [0.3, 0.4) is 0 Å². The van der Waals surface area contributed by atoms with E-state index in [2.05, 4.69) is 18.0 Å². The van der Waals surface area contributed by atoms with E-state index < -0.39 is 5.17 Å². The Hall–Kier alpha value is -1.18. The molecule has 0 radical (unpaired) electrons. The monoisotopic (exact) mass is 346 g/mol. The average Bonchev–Trinajstić information content (AvgIpc) is 2.40. The van der Waals surface area contributed by atoms with Crippen molar-refractivity contribution < 1.29 is 10.2 Å². The zero-order chi connectivity index (χ0) is 15.0. The molecule has 0 heterocycles. The minimum absolute atomic E-state index is 0. The molecular weight excluding hydrogens is 327 g/mol. The number of anilines is 2. The van der Waals surface area contributed by atoms with E-state index in [-0.39, 0.29) is 42.2 Å². The van der Waals surface area contributed by atoms with Crippen molar-refractivity contribution in [1.82, 2.24) is 0 Å². The molecule has 22 heavy (non-hydrogen) atoms. The molecule has 0 aliphatic rings. The summed E-state index contributed by atoms with van der Waals surface area (Å²) >= 11 is 8.73. The fourth-order valence-electron chi connectivity index (χ4n) is 1.52. The van der Waals surface area contributed by atoms with E-state index in [4.69, 9.17) is 17.3 Å². The SMILES string of the molecule is C.NC(O)=S.OC(=S)N(c1ccccc1)c1ccccc1.[NaH]. The number of aliphatic hydroxyl groups is 2. The Morgan fingerprint density at radius 3 is 1.32 bits per heavy atom. The number of benzene rings is 2. The molecule has 4 N–H and O–H groups in total. The zero-order valence-corrected chi connectivity index (χ0v) is 12.1. The third kappa shape index (κ3) is 8.31. The zero-order valence-electron chi connectivity index (χ0n) is 10.5. The Kier molecular flexibility index (Phi) is 13.0. The van der Waals surface area contributed by atoms with Crippen molar-refractivity contribution in [2.75, 3.05) is 4.90 Å². The second-order valence-electron chi connectivity index (χ2n) is 3.63. The van der Waals surface area contributed by atoms with E-state index in [1.54, 1.807) is 4.90 Å². The first kappa shape index (κ1) is 23.1. The van der Waals surface area contributed by atoms with Crippen molar-refractivity contribution in [3.05, 3.63) is 60.7 Å². The van der Waals surface area contributed by atoms with Crippen LogP contribution in [0.15, 0.2) is 60.7 Å². The fraction of sp³-hybridized carbons (Fsp3) is 0.0667. The quantitative estimate of drug-likeness (QED) is 0.572. The molecular formula is C15H19N2NaO2S2. The summed E-state index contributed by atoms with van der Waals surface area (Å²) in [5, 5.41) is 16.5. The van der Waals surface area contributed by atoms with Crippen LogP contribution in [0.2, 0.25) is 0 Å². The average molecular weight is 346 g/mol. The molecule has 0 fully saturated rings. The molecule has 0 unspecified atom stereocenters. The van der Waals surface area contributed by atoms with E-state index in [9.17, 15) is 5.11 Å². The molecule has 0 amide bonds. The van der Waals surface area contributed by atoms with Crippen LogP contribution in [0.25, 0.3) is 0 Å². The molecule has 0 aliphatic carbocycles. The van der Waals surface area contributed by atoms with Gasteiger partial charge >= 0.3 is 29.6 Å². The third-order valence-corrected chi connectivity index (χ3v) is 2.40. The number of para-hydroxylation sites is 2. The van der Waals surface area contributed by atoms with E-state index in [1.165, 1.54) is 0 Å². The standard InChI is InChI=1S/C13H11NOS.CH3NOS.CH4.Na.H/c15-13(16)14(11-7-3-1-4-8-11)12-9-5-2-6-10-12;2-1(3)4;;;/h1-10H,(H,15,16);(H3,2,3,4);1H4;;. The van der Waals surface area contributed by atoms with Gasteiger partial charge in [-0.15, -0.1) is 0 Å². The van der Waals surface area contributed by atoms with Crippen molar-refractivity contribution in [3.63, 3.8) is 0 Å².